The van der Waals surface area contributed by atoms with Crippen LogP contribution in [0.25, 0.3) is 0 Å². The topological polar surface area (TPSA) is 90.9 Å². The molecule has 1 saturated carbocycles. The highest BCUT2D eigenvalue weighted by Gasteiger charge is 2.33. The lowest BCUT2D eigenvalue weighted by Gasteiger charge is -2.12. The first kappa shape index (κ1) is 10.6. The van der Waals surface area contributed by atoms with E-state index < -0.39 is 10.0 Å². The first-order valence-electron chi connectivity index (χ1n) is 4.89. The van der Waals surface area contributed by atoms with E-state index in [1.54, 1.807) is 4.57 Å². The van der Waals surface area contributed by atoms with Crippen molar-refractivity contribution >= 4 is 10.0 Å². The average Bonchev–Trinajstić information content (AvgIpc) is 2.81. The van der Waals surface area contributed by atoms with Gasteiger partial charge in [0.2, 0.25) is 0 Å². The molecule has 2 rings (SSSR count). The van der Waals surface area contributed by atoms with Crippen molar-refractivity contribution in [1.82, 2.24) is 14.8 Å². The lowest BCUT2D eigenvalue weighted by molar-refractivity contribution is 0.504. The molecule has 2 N–H and O–H groups in total. The van der Waals surface area contributed by atoms with Crippen molar-refractivity contribution in [3.63, 3.8) is 0 Å². The number of hydrogen-bond donors (Lipinski definition) is 1. The number of nitrogens with two attached hydrogens (primary N) is 1. The molecule has 1 fully saturated rings. The van der Waals surface area contributed by atoms with Crippen LogP contribution in [0, 0.1) is 0 Å². The highest BCUT2D eigenvalue weighted by molar-refractivity contribution is 7.89. The lowest BCUT2D eigenvalue weighted by Crippen LogP contribution is -2.20. The second-order valence-electron chi connectivity index (χ2n) is 4.12. The molecule has 7 heteroatoms. The maximum atomic E-state index is 11.3. The van der Waals surface area contributed by atoms with Crippen LogP contribution < -0.4 is 5.14 Å². The highest BCUT2D eigenvalue weighted by Crippen LogP contribution is 2.40. The van der Waals surface area contributed by atoms with E-state index in [2.05, 4.69) is 10.2 Å². The smallest absolute Gasteiger partial charge is 0.273 e. The molecule has 0 radical (unpaired) electrons. The van der Waals surface area contributed by atoms with E-state index in [0.29, 0.717) is 5.92 Å². The van der Waals surface area contributed by atoms with Crippen molar-refractivity contribution in [2.24, 2.45) is 5.14 Å². The zero-order chi connectivity index (χ0) is 11.2. The van der Waals surface area contributed by atoms with E-state index in [9.17, 15) is 8.42 Å². The number of primary sulfonamides is 1. The summed E-state index contributed by atoms with van der Waals surface area (Å²) >= 11 is 0. The van der Waals surface area contributed by atoms with E-state index in [0.717, 1.165) is 18.7 Å². The van der Waals surface area contributed by atoms with Crippen molar-refractivity contribution < 1.29 is 8.42 Å². The van der Waals surface area contributed by atoms with Crippen molar-refractivity contribution in [3.8, 4) is 0 Å². The van der Waals surface area contributed by atoms with Crippen molar-refractivity contribution in [2.75, 3.05) is 0 Å². The van der Waals surface area contributed by atoms with E-state index in [-0.39, 0.29) is 11.2 Å². The Bertz CT molecular complexity index is 473. The third-order valence-corrected chi connectivity index (χ3v) is 3.19. The molecule has 84 valence electrons. The molecular weight excluding hydrogens is 216 g/mol. The Labute approximate surface area is 88.5 Å². The number of rotatable bonds is 3. The minimum Gasteiger partial charge on any atom is -0.298 e. The highest BCUT2D eigenvalue weighted by atomic mass is 32.2. The Hall–Kier alpha value is -0.950. The number of nitrogens with zero attached hydrogens (tertiary/aromatic N) is 3. The van der Waals surface area contributed by atoms with Gasteiger partial charge in [-0.25, -0.2) is 13.6 Å². The molecule has 0 bridgehead atoms. The molecule has 1 aliphatic rings. The van der Waals surface area contributed by atoms with Gasteiger partial charge in [-0.3, -0.25) is 4.57 Å². The maximum Gasteiger partial charge on any atom is 0.273 e. The summed E-state index contributed by atoms with van der Waals surface area (Å²) < 4.78 is 24.2. The summed E-state index contributed by atoms with van der Waals surface area (Å²) in [5.74, 6) is 1.10. The minimum atomic E-state index is -3.77. The molecule has 1 aliphatic carbocycles. The van der Waals surface area contributed by atoms with E-state index in [4.69, 9.17) is 5.14 Å². The molecule has 6 nitrogen and oxygen atoms in total. The molecule has 0 spiro atoms. The predicted octanol–water partition coefficient (Wildman–Crippen LogP) is 0.384. The summed E-state index contributed by atoms with van der Waals surface area (Å²) in [4.78, 5) is 0. The van der Waals surface area contributed by atoms with Gasteiger partial charge in [-0.05, 0) is 26.7 Å². The summed E-state index contributed by atoms with van der Waals surface area (Å²) in [6.07, 6.45) is 2.10. The molecule has 1 heterocycles. The summed E-state index contributed by atoms with van der Waals surface area (Å²) in [5, 5.41) is 12.5. The van der Waals surface area contributed by atoms with Crippen LogP contribution in [0.1, 0.15) is 44.5 Å². The van der Waals surface area contributed by atoms with Gasteiger partial charge in [0, 0.05) is 12.0 Å². The Kier molecular flexibility index (Phi) is 2.31. The Balaban J connectivity index is 2.56. The third-order valence-electron chi connectivity index (χ3n) is 2.40. The Morgan fingerprint density at radius 2 is 2.00 bits per heavy atom. The summed E-state index contributed by atoms with van der Waals surface area (Å²) in [7, 11) is -3.77. The van der Waals surface area contributed by atoms with Gasteiger partial charge >= 0.3 is 0 Å². The summed E-state index contributed by atoms with van der Waals surface area (Å²) in [6, 6.07) is 0.00363. The molecule has 0 aliphatic heterocycles. The zero-order valence-electron chi connectivity index (χ0n) is 8.71. The van der Waals surface area contributed by atoms with Gasteiger partial charge in [0.15, 0.2) is 0 Å². The van der Waals surface area contributed by atoms with Crippen molar-refractivity contribution in [1.29, 1.82) is 0 Å². The number of aromatic nitrogens is 3. The molecule has 0 saturated heterocycles. The molecule has 1 aromatic rings. The molecule has 0 atom stereocenters. The molecule has 15 heavy (non-hydrogen) atoms. The first-order chi connectivity index (χ1) is 6.91. The Morgan fingerprint density at radius 1 is 1.40 bits per heavy atom. The van der Waals surface area contributed by atoms with Crippen LogP contribution in [0.2, 0.25) is 0 Å². The fourth-order valence-electron chi connectivity index (χ4n) is 1.59. The fraction of sp³-hybridized carbons (Fsp3) is 0.750. The second-order valence-corrected chi connectivity index (χ2v) is 5.58. The molecule has 0 aromatic carbocycles. The summed E-state index contributed by atoms with van der Waals surface area (Å²) in [5.41, 5.74) is 0. The molecule has 1 aromatic heterocycles. The van der Waals surface area contributed by atoms with Gasteiger partial charge in [0.1, 0.15) is 5.82 Å². The van der Waals surface area contributed by atoms with E-state index >= 15 is 0 Å². The van der Waals surface area contributed by atoms with E-state index in [1.807, 2.05) is 13.8 Å². The van der Waals surface area contributed by atoms with Gasteiger partial charge < -0.3 is 0 Å². The fourth-order valence-corrected chi connectivity index (χ4v) is 2.32. The van der Waals surface area contributed by atoms with Crippen LogP contribution in [0.15, 0.2) is 5.16 Å². The third kappa shape index (κ3) is 1.89. The first-order valence-corrected chi connectivity index (χ1v) is 6.43. The molecule has 0 amide bonds. The van der Waals surface area contributed by atoms with Crippen LogP contribution >= 0.6 is 0 Å². The SMILES string of the molecule is CC(C)n1c(C2CC2)nnc1S(N)(=O)=O. The second kappa shape index (κ2) is 3.28. The van der Waals surface area contributed by atoms with Crippen LogP contribution in [0.5, 0.6) is 0 Å². The molecular formula is C8H14N4O2S. The Morgan fingerprint density at radius 3 is 2.40 bits per heavy atom. The van der Waals surface area contributed by atoms with Crippen molar-refractivity contribution in [2.45, 2.75) is 43.8 Å². The number of sulfonamides is 1. The standard InChI is InChI=1S/C8H14N4O2S/c1-5(2)12-7(6-3-4-6)10-11-8(12)15(9,13)14/h5-6H,3-4H2,1-2H3,(H2,9,13,14). The van der Waals surface area contributed by atoms with Gasteiger partial charge in [0.05, 0.1) is 0 Å². The minimum absolute atomic E-state index is 0.00363. The van der Waals surface area contributed by atoms with E-state index in [1.165, 1.54) is 0 Å². The zero-order valence-corrected chi connectivity index (χ0v) is 9.53. The van der Waals surface area contributed by atoms with Gasteiger partial charge in [-0.15, -0.1) is 10.2 Å². The van der Waals surface area contributed by atoms with Crippen molar-refractivity contribution in [3.05, 3.63) is 5.82 Å². The summed E-state index contributed by atoms with van der Waals surface area (Å²) in [6.45, 7) is 3.79. The van der Waals surface area contributed by atoms with Crippen LogP contribution in [0.3, 0.4) is 0 Å². The maximum absolute atomic E-state index is 11.3. The molecule has 0 unspecified atom stereocenters. The average molecular weight is 230 g/mol. The van der Waals surface area contributed by atoms with Gasteiger partial charge in [-0.1, -0.05) is 0 Å². The largest absolute Gasteiger partial charge is 0.298 e. The van der Waals surface area contributed by atoms with Crippen LogP contribution in [0.4, 0.5) is 0 Å². The number of hydrogen-bond acceptors (Lipinski definition) is 4. The predicted molar refractivity (Wildman–Crippen MR) is 53.8 cm³/mol. The lowest BCUT2D eigenvalue weighted by atomic mass is 10.3. The van der Waals surface area contributed by atoms with Crippen LogP contribution in [-0.4, -0.2) is 23.2 Å². The van der Waals surface area contributed by atoms with Crippen LogP contribution in [-0.2, 0) is 10.0 Å². The quantitative estimate of drug-likeness (QED) is 0.812. The monoisotopic (exact) mass is 230 g/mol. The van der Waals surface area contributed by atoms with Gasteiger partial charge in [-0.2, -0.15) is 0 Å². The normalized spacial score (nSPS) is 17.3. The van der Waals surface area contributed by atoms with Gasteiger partial charge in [0.25, 0.3) is 15.2 Å².